The van der Waals surface area contributed by atoms with E-state index in [1.54, 1.807) is 26.1 Å². The first-order valence-electron chi connectivity index (χ1n) is 8.63. The number of ether oxygens (including phenoxy) is 2. The lowest BCUT2D eigenvalue weighted by atomic mass is 9.96. The Balaban J connectivity index is 1.75. The molecule has 136 valence electrons. The van der Waals surface area contributed by atoms with Gasteiger partial charge in [0.1, 0.15) is 5.60 Å². The van der Waals surface area contributed by atoms with Gasteiger partial charge in [-0.2, -0.15) is 0 Å². The summed E-state index contributed by atoms with van der Waals surface area (Å²) in [5.74, 6) is 0.0611. The van der Waals surface area contributed by atoms with E-state index in [2.05, 4.69) is 34.3 Å². The number of carbonyl (C=O) groups excluding carboxylic acids is 1. The van der Waals surface area contributed by atoms with Gasteiger partial charge in [0.25, 0.3) is 0 Å². The number of para-hydroxylation sites is 1. The van der Waals surface area contributed by atoms with E-state index >= 15 is 0 Å². The molecular weight excluding hydrogens is 318 g/mol. The van der Waals surface area contributed by atoms with E-state index in [4.69, 9.17) is 9.47 Å². The number of rotatable bonds is 6. The molecule has 2 aromatic rings. The van der Waals surface area contributed by atoms with Gasteiger partial charge in [0.2, 0.25) is 5.91 Å². The number of nitrogens with one attached hydrogen (secondary N) is 1. The second kappa shape index (κ2) is 7.56. The normalized spacial score (nSPS) is 21.6. The van der Waals surface area contributed by atoms with Gasteiger partial charge in [-0.1, -0.05) is 18.2 Å². The zero-order chi connectivity index (χ0) is 17.9. The Kier molecular flexibility index (Phi) is 5.42. The Hall–Kier alpha value is -1.89. The van der Waals surface area contributed by atoms with Crippen LogP contribution in [0.15, 0.2) is 30.5 Å². The standard InChI is InChI=1S/C19H27N3O3/c1-21(2)18(23)10-19(14-24-3)13-22(8-9-25-19)12-15-11-20-17-7-5-4-6-16(15)17/h4-7,11,20H,8-10,12-14H2,1-3H3/t19-/m1/s1. The maximum absolute atomic E-state index is 12.3. The second-order valence-electron chi connectivity index (χ2n) is 7.00. The quantitative estimate of drug-likeness (QED) is 0.868. The molecule has 1 fully saturated rings. The highest BCUT2D eigenvalue weighted by Gasteiger charge is 2.39. The molecule has 1 aromatic carbocycles. The smallest absolute Gasteiger partial charge is 0.225 e. The van der Waals surface area contributed by atoms with Gasteiger partial charge >= 0.3 is 0 Å². The molecule has 1 aliphatic rings. The summed E-state index contributed by atoms with van der Waals surface area (Å²) in [6, 6.07) is 8.32. The molecular formula is C19H27N3O3. The SMILES string of the molecule is COC[C@@]1(CC(=O)N(C)C)CN(Cc2c[nH]c3ccccc23)CCO1. The number of benzene rings is 1. The Morgan fingerprint density at radius 1 is 1.40 bits per heavy atom. The number of hydrogen-bond acceptors (Lipinski definition) is 4. The number of H-pyrrole nitrogens is 1. The van der Waals surface area contributed by atoms with Crippen molar-refractivity contribution in [1.29, 1.82) is 0 Å². The maximum atomic E-state index is 12.3. The molecule has 1 aliphatic heterocycles. The van der Waals surface area contributed by atoms with Crippen molar-refractivity contribution in [3.63, 3.8) is 0 Å². The van der Waals surface area contributed by atoms with Crippen molar-refractivity contribution in [1.82, 2.24) is 14.8 Å². The van der Waals surface area contributed by atoms with Crippen LogP contribution in [0.1, 0.15) is 12.0 Å². The maximum Gasteiger partial charge on any atom is 0.225 e. The highest BCUT2D eigenvalue weighted by Crippen LogP contribution is 2.26. The number of carbonyl (C=O) groups is 1. The van der Waals surface area contributed by atoms with Crippen LogP contribution in [0.2, 0.25) is 0 Å². The number of aromatic nitrogens is 1. The van der Waals surface area contributed by atoms with Gasteiger partial charge in [-0.25, -0.2) is 0 Å². The molecule has 0 bridgehead atoms. The van der Waals surface area contributed by atoms with Gasteiger partial charge in [-0.3, -0.25) is 9.69 Å². The van der Waals surface area contributed by atoms with Crippen LogP contribution < -0.4 is 0 Å². The van der Waals surface area contributed by atoms with Gasteiger partial charge in [0, 0.05) is 57.9 Å². The number of fused-ring (bicyclic) bond motifs is 1. The highest BCUT2D eigenvalue weighted by atomic mass is 16.5. The molecule has 1 N–H and O–H groups in total. The van der Waals surface area contributed by atoms with E-state index in [9.17, 15) is 4.79 Å². The summed E-state index contributed by atoms with van der Waals surface area (Å²) in [6.45, 7) is 3.37. The lowest BCUT2D eigenvalue weighted by molar-refractivity contribution is -0.160. The van der Waals surface area contributed by atoms with Crippen LogP contribution >= 0.6 is 0 Å². The monoisotopic (exact) mass is 345 g/mol. The minimum absolute atomic E-state index is 0.0611. The predicted octanol–water partition coefficient (Wildman–Crippen LogP) is 1.86. The lowest BCUT2D eigenvalue weighted by Gasteiger charge is -2.42. The molecule has 1 saturated heterocycles. The van der Waals surface area contributed by atoms with Crippen molar-refractivity contribution in [3.05, 3.63) is 36.0 Å². The van der Waals surface area contributed by atoms with Crippen LogP contribution in [0, 0.1) is 0 Å². The van der Waals surface area contributed by atoms with Crippen LogP contribution in [-0.2, 0) is 20.8 Å². The average molecular weight is 345 g/mol. The Morgan fingerprint density at radius 2 is 2.20 bits per heavy atom. The Bertz CT molecular complexity index is 724. The Labute approximate surface area is 148 Å². The molecule has 0 unspecified atom stereocenters. The fourth-order valence-electron chi connectivity index (χ4n) is 3.50. The van der Waals surface area contributed by atoms with Gasteiger partial charge in [0.05, 0.1) is 19.6 Å². The first-order valence-corrected chi connectivity index (χ1v) is 8.63. The first-order chi connectivity index (χ1) is 12.0. The highest BCUT2D eigenvalue weighted by molar-refractivity contribution is 5.83. The third-order valence-electron chi connectivity index (χ3n) is 4.78. The molecule has 0 aliphatic carbocycles. The van der Waals surface area contributed by atoms with E-state index in [0.29, 0.717) is 26.2 Å². The van der Waals surface area contributed by atoms with Gasteiger partial charge < -0.3 is 19.4 Å². The molecule has 3 rings (SSSR count). The zero-order valence-electron chi connectivity index (χ0n) is 15.2. The minimum Gasteiger partial charge on any atom is -0.382 e. The molecule has 0 radical (unpaired) electrons. The van der Waals surface area contributed by atoms with E-state index < -0.39 is 5.60 Å². The van der Waals surface area contributed by atoms with Gasteiger partial charge in [-0.05, 0) is 11.6 Å². The summed E-state index contributed by atoms with van der Waals surface area (Å²) in [7, 11) is 5.20. The van der Waals surface area contributed by atoms with Crippen molar-refractivity contribution < 1.29 is 14.3 Å². The summed E-state index contributed by atoms with van der Waals surface area (Å²) >= 11 is 0. The molecule has 1 atom stereocenters. The van der Waals surface area contributed by atoms with Crippen LogP contribution in [0.4, 0.5) is 0 Å². The van der Waals surface area contributed by atoms with Crippen molar-refractivity contribution in [2.24, 2.45) is 0 Å². The average Bonchev–Trinajstić information content (AvgIpc) is 2.98. The van der Waals surface area contributed by atoms with E-state index in [0.717, 1.165) is 18.6 Å². The van der Waals surface area contributed by atoms with E-state index in [-0.39, 0.29) is 5.91 Å². The fourth-order valence-corrected chi connectivity index (χ4v) is 3.50. The number of nitrogens with zero attached hydrogens (tertiary/aromatic N) is 2. The molecule has 0 saturated carbocycles. The summed E-state index contributed by atoms with van der Waals surface area (Å²) in [4.78, 5) is 19.5. The van der Waals surface area contributed by atoms with Crippen molar-refractivity contribution in [3.8, 4) is 0 Å². The summed E-state index contributed by atoms with van der Waals surface area (Å²) < 4.78 is 11.4. The predicted molar refractivity (Wildman–Crippen MR) is 97.4 cm³/mol. The summed E-state index contributed by atoms with van der Waals surface area (Å²) in [5.41, 5.74) is 1.83. The van der Waals surface area contributed by atoms with Crippen molar-refractivity contribution in [2.75, 3.05) is 47.5 Å². The number of amides is 1. The number of hydrogen-bond donors (Lipinski definition) is 1. The summed E-state index contributed by atoms with van der Waals surface area (Å²) in [6.07, 6.45) is 2.40. The molecule has 25 heavy (non-hydrogen) atoms. The van der Waals surface area contributed by atoms with E-state index in [1.807, 2.05) is 6.07 Å². The van der Waals surface area contributed by atoms with Crippen LogP contribution in [0.3, 0.4) is 0 Å². The molecule has 2 heterocycles. The number of morpholine rings is 1. The molecule has 1 aromatic heterocycles. The number of aromatic amines is 1. The zero-order valence-corrected chi connectivity index (χ0v) is 15.2. The van der Waals surface area contributed by atoms with E-state index in [1.165, 1.54) is 10.9 Å². The first kappa shape index (κ1) is 17.9. The van der Waals surface area contributed by atoms with Crippen LogP contribution in [0.25, 0.3) is 10.9 Å². The summed E-state index contributed by atoms with van der Waals surface area (Å²) in [5, 5.41) is 1.25. The lowest BCUT2D eigenvalue weighted by Crippen LogP contribution is -2.55. The van der Waals surface area contributed by atoms with Crippen molar-refractivity contribution in [2.45, 2.75) is 18.6 Å². The van der Waals surface area contributed by atoms with Gasteiger partial charge in [-0.15, -0.1) is 0 Å². The third-order valence-corrected chi connectivity index (χ3v) is 4.78. The molecule has 1 amide bonds. The largest absolute Gasteiger partial charge is 0.382 e. The Morgan fingerprint density at radius 3 is 2.96 bits per heavy atom. The fraction of sp³-hybridized carbons (Fsp3) is 0.526. The topological polar surface area (TPSA) is 57.8 Å². The third kappa shape index (κ3) is 4.03. The number of methoxy groups -OCH3 is 1. The minimum atomic E-state index is -0.583. The molecule has 0 spiro atoms. The van der Waals surface area contributed by atoms with Gasteiger partial charge in [0.15, 0.2) is 0 Å². The van der Waals surface area contributed by atoms with Crippen LogP contribution in [-0.4, -0.2) is 73.8 Å². The molecule has 6 nitrogen and oxygen atoms in total. The molecule has 6 heteroatoms. The second-order valence-corrected chi connectivity index (χ2v) is 7.00. The van der Waals surface area contributed by atoms with Crippen molar-refractivity contribution >= 4 is 16.8 Å². The van der Waals surface area contributed by atoms with Crippen LogP contribution in [0.5, 0.6) is 0 Å².